The number of ether oxygens (including phenoxy) is 1. The number of Topliss-reactive ketones (excluding diaryl/α,β-unsaturated/α-hetero) is 1. The van der Waals surface area contributed by atoms with E-state index in [2.05, 4.69) is 0 Å². The van der Waals surface area contributed by atoms with Crippen LogP contribution in [0.1, 0.15) is 42.7 Å². The minimum atomic E-state index is -1.02. The summed E-state index contributed by atoms with van der Waals surface area (Å²) in [5, 5.41) is 20.3. The number of pyridine rings is 1. The fraction of sp³-hybridized carbons (Fsp3) is 0.333. The fourth-order valence-electron chi connectivity index (χ4n) is 3.00. The zero-order chi connectivity index (χ0) is 17.6. The van der Waals surface area contributed by atoms with Gasteiger partial charge in [0.15, 0.2) is 5.78 Å². The molecule has 0 radical (unpaired) electrons. The molecule has 2 heterocycles. The number of aliphatic hydroxyl groups excluding tert-OH is 1. The number of fused-ring (bicyclic) bond motifs is 1. The smallest absolute Gasteiger partial charge is 0.254 e. The van der Waals surface area contributed by atoms with Crippen molar-refractivity contribution in [1.29, 1.82) is 0 Å². The Morgan fingerprint density at radius 2 is 1.96 bits per heavy atom. The van der Waals surface area contributed by atoms with Gasteiger partial charge >= 0.3 is 0 Å². The number of aromatic hydroxyl groups is 1. The molecule has 1 aromatic heterocycles. The van der Waals surface area contributed by atoms with Crippen molar-refractivity contribution in [2.75, 3.05) is 0 Å². The second-order valence-electron chi connectivity index (χ2n) is 6.53. The summed E-state index contributed by atoms with van der Waals surface area (Å²) in [4.78, 5) is 24.0. The van der Waals surface area contributed by atoms with Crippen molar-refractivity contribution in [3.05, 3.63) is 58.0 Å². The lowest BCUT2D eigenvalue weighted by Gasteiger charge is -2.42. The van der Waals surface area contributed by atoms with Gasteiger partial charge in [0.2, 0.25) is 0 Å². The highest BCUT2D eigenvalue weighted by Crippen LogP contribution is 2.41. The Kier molecular flexibility index (Phi) is 3.72. The summed E-state index contributed by atoms with van der Waals surface area (Å²) in [5.74, 6) is 0.254. The van der Waals surface area contributed by atoms with Gasteiger partial charge in [-0.3, -0.25) is 9.59 Å². The number of nitrogens with zero attached hydrogens (tertiary/aromatic N) is 1. The van der Waals surface area contributed by atoms with Gasteiger partial charge in [-0.2, -0.15) is 0 Å². The first-order valence-corrected chi connectivity index (χ1v) is 7.64. The molecule has 6 heteroatoms. The molecule has 0 saturated heterocycles. The highest BCUT2D eigenvalue weighted by molar-refractivity contribution is 5.94. The van der Waals surface area contributed by atoms with Crippen LogP contribution in [0.25, 0.3) is 0 Å². The number of rotatable bonds is 2. The van der Waals surface area contributed by atoms with Crippen LogP contribution >= 0.6 is 0 Å². The van der Waals surface area contributed by atoms with Crippen molar-refractivity contribution in [3.8, 4) is 11.5 Å². The number of aliphatic hydroxyl groups is 1. The average Bonchev–Trinajstić information content (AvgIpc) is 2.49. The number of carbonyl (C=O) groups is 1. The number of benzene rings is 1. The molecule has 1 aliphatic heterocycles. The standard InChI is InChI=1S/C18H19NO5/c1-10(20)11-4-5-14-13(8-11)16(17(23)18(2,3)24-14)19-7-6-12(21)9-15(19)22/h4-9,16-17,21,23H,1-3H3. The van der Waals surface area contributed by atoms with E-state index in [0.29, 0.717) is 16.9 Å². The SMILES string of the molecule is CC(=O)c1ccc2c(c1)C(n1ccc(O)cc1=O)C(O)C(C)(C)O2. The molecule has 0 saturated carbocycles. The summed E-state index contributed by atoms with van der Waals surface area (Å²) < 4.78 is 7.20. The van der Waals surface area contributed by atoms with E-state index in [0.717, 1.165) is 6.07 Å². The largest absolute Gasteiger partial charge is 0.508 e. The number of hydrogen-bond donors (Lipinski definition) is 2. The predicted octanol–water partition coefficient (Wildman–Crippen LogP) is 1.88. The van der Waals surface area contributed by atoms with Crippen molar-refractivity contribution >= 4 is 5.78 Å². The summed E-state index contributed by atoms with van der Waals surface area (Å²) in [6, 6.07) is 6.72. The second-order valence-corrected chi connectivity index (χ2v) is 6.53. The molecule has 0 aliphatic carbocycles. The third-order valence-corrected chi connectivity index (χ3v) is 4.35. The third-order valence-electron chi connectivity index (χ3n) is 4.35. The Labute approximate surface area is 138 Å². The lowest BCUT2D eigenvalue weighted by molar-refractivity contribution is -0.0643. The van der Waals surface area contributed by atoms with E-state index in [1.54, 1.807) is 32.0 Å². The van der Waals surface area contributed by atoms with Crippen LogP contribution in [0, 0.1) is 0 Å². The molecule has 0 amide bonds. The van der Waals surface area contributed by atoms with Gasteiger partial charge in [-0.1, -0.05) is 0 Å². The first-order valence-electron chi connectivity index (χ1n) is 7.64. The Morgan fingerprint density at radius 1 is 1.25 bits per heavy atom. The first kappa shape index (κ1) is 16.3. The zero-order valence-corrected chi connectivity index (χ0v) is 13.7. The monoisotopic (exact) mass is 329 g/mol. The summed E-state index contributed by atoms with van der Waals surface area (Å²) in [7, 11) is 0. The highest BCUT2D eigenvalue weighted by atomic mass is 16.5. The maximum atomic E-state index is 12.3. The summed E-state index contributed by atoms with van der Waals surface area (Å²) in [5.41, 5.74) is -0.341. The molecular weight excluding hydrogens is 310 g/mol. The fourth-order valence-corrected chi connectivity index (χ4v) is 3.00. The molecule has 2 unspecified atom stereocenters. The van der Waals surface area contributed by atoms with Crippen molar-refractivity contribution in [1.82, 2.24) is 4.57 Å². The maximum absolute atomic E-state index is 12.3. The molecule has 24 heavy (non-hydrogen) atoms. The second kappa shape index (κ2) is 5.49. The van der Waals surface area contributed by atoms with Gasteiger partial charge < -0.3 is 19.5 Å². The van der Waals surface area contributed by atoms with Crippen LogP contribution in [0.15, 0.2) is 41.3 Å². The highest BCUT2D eigenvalue weighted by Gasteiger charge is 2.44. The third kappa shape index (κ3) is 2.59. The quantitative estimate of drug-likeness (QED) is 0.821. The minimum absolute atomic E-state index is 0.117. The predicted molar refractivity (Wildman–Crippen MR) is 87.7 cm³/mol. The first-order chi connectivity index (χ1) is 11.2. The molecule has 0 fully saturated rings. The molecule has 0 bridgehead atoms. The van der Waals surface area contributed by atoms with Gasteiger partial charge in [0.1, 0.15) is 23.2 Å². The minimum Gasteiger partial charge on any atom is -0.508 e. The van der Waals surface area contributed by atoms with E-state index in [-0.39, 0.29) is 11.5 Å². The van der Waals surface area contributed by atoms with Gasteiger partial charge in [-0.05, 0) is 45.0 Å². The van der Waals surface area contributed by atoms with Crippen LogP contribution in [0.3, 0.4) is 0 Å². The number of carbonyl (C=O) groups excluding carboxylic acids is 1. The molecule has 126 valence electrons. The van der Waals surface area contributed by atoms with E-state index in [1.165, 1.54) is 23.8 Å². The Bertz CT molecular complexity index is 868. The van der Waals surface area contributed by atoms with Gasteiger partial charge in [0, 0.05) is 23.4 Å². The molecule has 2 N–H and O–H groups in total. The Balaban J connectivity index is 2.25. The maximum Gasteiger partial charge on any atom is 0.254 e. The van der Waals surface area contributed by atoms with Crippen LogP contribution in [0.2, 0.25) is 0 Å². The van der Waals surface area contributed by atoms with Crippen LogP contribution in [0.4, 0.5) is 0 Å². The lowest BCUT2D eigenvalue weighted by Crippen LogP contribution is -2.52. The molecule has 0 spiro atoms. The molecule has 6 nitrogen and oxygen atoms in total. The van der Waals surface area contributed by atoms with Crippen molar-refractivity contribution in [3.63, 3.8) is 0 Å². The van der Waals surface area contributed by atoms with Crippen molar-refractivity contribution < 1.29 is 19.7 Å². The topological polar surface area (TPSA) is 88.8 Å². The lowest BCUT2D eigenvalue weighted by atomic mass is 9.85. The van der Waals surface area contributed by atoms with E-state index >= 15 is 0 Å². The summed E-state index contributed by atoms with van der Waals surface area (Å²) in [6.45, 7) is 4.92. The number of ketones is 1. The Hall–Kier alpha value is -2.60. The molecule has 2 atom stereocenters. The summed E-state index contributed by atoms with van der Waals surface area (Å²) in [6.07, 6.45) is 0.409. The van der Waals surface area contributed by atoms with E-state index in [4.69, 9.17) is 4.74 Å². The molecule has 1 aromatic carbocycles. The molecule has 1 aliphatic rings. The number of aromatic nitrogens is 1. The van der Waals surface area contributed by atoms with Crippen LogP contribution in [0.5, 0.6) is 11.5 Å². The van der Waals surface area contributed by atoms with Gasteiger partial charge in [0.05, 0.1) is 6.04 Å². The Morgan fingerprint density at radius 3 is 2.58 bits per heavy atom. The van der Waals surface area contributed by atoms with Crippen molar-refractivity contribution in [2.24, 2.45) is 0 Å². The number of hydrogen-bond acceptors (Lipinski definition) is 5. The normalized spacial score (nSPS) is 21.7. The van der Waals surface area contributed by atoms with Gasteiger partial charge in [-0.25, -0.2) is 0 Å². The van der Waals surface area contributed by atoms with Crippen LogP contribution in [-0.2, 0) is 0 Å². The van der Waals surface area contributed by atoms with E-state index in [9.17, 15) is 19.8 Å². The van der Waals surface area contributed by atoms with Crippen LogP contribution < -0.4 is 10.3 Å². The molecular formula is C18H19NO5. The summed E-state index contributed by atoms with van der Waals surface area (Å²) >= 11 is 0. The van der Waals surface area contributed by atoms with Gasteiger partial charge in [-0.15, -0.1) is 0 Å². The molecule has 3 rings (SSSR count). The van der Waals surface area contributed by atoms with Crippen LogP contribution in [-0.4, -0.2) is 32.3 Å². The molecule has 2 aromatic rings. The van der Waals surface area contributed by atoms with E-state index < -0.39 is 23.3 Å². The van der Waals surface area contributed by atoms with Crippen molar-refractivity contribution in [2.45, 2.75) is 38.5 Å². The average molecular weight is 329 g/mol. The zero-order valence-electron chi connectivity index (χ0n) is 13.7. The van der Waals surface area contributed by atoms with Gasteiger partial charge in [0.25, 0.3) is 5.56 Å². The van der Waals surface area contributed by atoms with E-state index in [1.807, 2.05) is 0 Å².